The number of allylic oxidation sites excluding steroid dienone is 2. The Balaban J connectivity index is 1.69. The van der Waals surface area contributed by atoms with Gasteiger partial charge in [0.05, 0.1) is 12.8 Å². The molecule has 6 heteroatoms. The molecule has 1 aliphatic heterocycles. The van der Waals surface area contributed by atoms with Crippen molar-refractivity contribution in [3.8, 4) is 6.07 Å². The van der Waals surface area contributed by atoms with Gasteiger partial charge in [-0.25, -0.2) is 4.98 Å². The monoisotopic (exact) mass is 404 g/mol. The van der Waals surface area contributed by atoms with Crippen LogP contribution in [0, 0.1) is 16.7 Å². The zero-order valence-corrected chi connectivity index (χ0v) is 17.8. The Kier molecular flexibility index (Phi) is 5.35. The average molecular weight is 405 g/mol. The van der Waals surface area contributed by atoms with E-state index >= 15 is 0 Å². The van der Waals surface area contributed by atoms with E-state index in [9.17, 15) is 4.79 Å². The molecule has 1 saturated heterocycles. The topological polar surface area (TPSA) is 90.8 Å². The molecule has 0 saturated carbocycles. The van der Waals surface area contributed by atoms with Gasteiger partial charge < -0.3 is 9.72 Å². The summed E-state index contributed by atoms with van der Waals surface area (Å²) in [6, 6.07) is 8.23. The van der Waals surface area contributed by atoms with E-state index in [1.807, 2.05) is 18.2 Å². The molecule has 1 aromatic heterocycles. The Bertz CT molecular complexity index is 1040. The maximum atomic E-state index is 12.8. The number of ketones is 1. The van der Waals surface area contributed by atoms with Gasteiger partial charge in [-0.1, -0.05) is 32.1 Å². The minimum absolute atomic E-state index is 0.122. The molecule has 0 spiro atoms. The summed E-state index contributed by atoms with van der Waals surface area (Å²) in [5.41, 5.74) is 4.55. The number of aromatic amines is 1. The van der Waals surface area contributed by atoms with Gasteiger partial charge in [-0.2, -0.15) is 5.26 Å². The zero-order chi connectivity index (χ0) is 21.4. The van der Waals surface area contributed by atoms with E-state index in [0.717, 1.165) is 42.5 Å². The molecular formula is C24H28N4O2. The largest absolute Gasteiger partial charge is 0.355 e. The highest BCUT2D eigenvalue weighted by Gasteiger charge is 2.32. The van der Waals surface area contributed by atoms with Crippen LogP contribution in [-0.2, 0) is 16.9 Å². The standard InChI is InChI=1S/C24H28N4O2/c1-23(2)8-6-16(7-9-23)20-13-18(24(3)27-10-11-30-24)5-4-17(20)12-21(29)22-26-15-19(14-25)28-22/h4-6,13,15,27H,7-12H2,1-3H3,(H,26,28). The van der Waals surface area contributed by atoms with Gasteiger partial charge in [0.2, 0.25) is 5.78 Å². The number of aromatic nitrogens is 2. The van der Waals surface area contributed by atoms with Crippen LogP contribution >= 0.6 is 0 Å². The Morgan fingerprint density at radius 2 is 2.17 bits per heavy atom. The maximum Gasteiger partial charge on any atom is 0.202 e. The predicted molar refractivity (Wildman–Crippen MR) is 115 cm³/mol. The molecule has 6 nitrogen and oxygen atoms in total. The first-order valence-corrected chi connectivity index (χ1v) is 10.5. The highest BCUT2D eigenvalue weighted by Crippen LogP contribution is 2.40. The molecule has 2 heterocycles. The lowest BCUT2D eigenvalue weighted by molar-refractivity contribution is 0.00244. The first-order valence-electron chi connectivity index (χ1n) is 10.5. The fourth-order valence-corrected chi connectivity index (χ4v) is 4.21. The number of nitrogens with one attached hydrogen (secondary N) is 2. The van der Waals surface area contributed by atoms with Crippen LogP contribution < -0.4 is 5.32 Å². The molecule has 4 rings (SSSR count). The van der Waals surface area contributed by atoms with E-state index in [-0.39, 0.29) is 18.0 Å². The molecule has 2 aliphatic rings. The second-order valence-corrected chi connectivity index (χ2v) is 9.14. The van der Waals surface area contributed by atoms with Gasteiger partial charge in [0, 0.05) is 13.0 Å². The summed E-state index contributed by atoms with van der Waals surface area (Å²) in [6.45, 7) is 8.14. The van der Waals surface area contributed by atoms with E-state index in [1.165, 1.54) is 11.8 Å². The summed E-state index contributed by atoms with van der Waals surface area (Å²) >= 11 is 0. The van der Waals surface area contributed by atoms with Crippen LogP contribution in [-0.4, -0.2) is 28.9 Å². The number of carbonyl (C=O) groups excluding carboxylic acids is 1. The van der Waals surface area contributed by atoms with E-state index in [1.54, 1.807) is 0 Å². The third-order valence-electron chi connectivity index (χ3n) is 6.25. The number of hydrogen-bond acceptors (Lipinski definition) is 5. The van der Waals surface area contributed by atoms with E-state index in [2.05, 4.69) is 48.2 Å². The number of nitrogens with zero attached hydrogens (tertiary/aromatic N) is 2. The van der Waals surface area contributed by atoms with Crippen molar-refractivity contribution in [2.75, 3.05) is 13.2 Å². The number of hydrogen-bond donors (Lipinski definition) is 2. The summed E-state index contributed by atoms with van der Waals surface area (Å²) in [7, 11) is 0. The molecule has 1 aromatic carbocycles. The summed E-state index contributed by atoms with van der Waals surface area (Å²) in [5, 5.41) is 12.4. The molecule has 2 N–H and O–H groups in total. The number of rotatable bonds is 5. The van der Waals surface area contributed by atoms with E-state index in [0.29, 0.717) is 17.7 Å². The first-order chi connectivity index (χ1) is 14.3. The Labute approximate surface area is 177 Å². The van der Waals surface area contributed by atoms with Gasteiger partial charge in [0.1, 0.15) is 17.5 Å². The Morgan fingerprint density at radius 1 is 1.33 bits per heavy atom. The smallest absolute Gasteiger partial charge is 0.202 e. The molecule has 156 valence electrons. The molecule has 0 radical (unpaired) electrons. The van der Waals surface area contributed by atoms with Crippen molar-refractivity contribution in [2.24, 2.45) is 5.41 Å². The SMILES string of the molecule is CC1(C)CC=C(c2cc(C3(C)NCCO3)ccc2CC(=O)c2ncc(C#N)[nH]2)CC1. The minimum Gasteiger partial charge on any atom is -0.355 e. The van der Waals surface area contributed by atoms with E-state index < -0.39 is 5.72 Å². The van der Waals surface area contributed by atoms with Crippen molar-refractivity contribution in [2.45, 2.75) is 52.2 Å². The normalized spacial score (nSPS) is 23.1. The molecule has 30 heavy (non-hydrogen) atoms. The number of imidazole rings is 1. The van der Waals surface area contributed by atoms with Crippen molar-refractivity contribution in [1.82, 2.24) is 15.3 Å². The van der Waals surface area contributed by atoms with Gasteiger partial charge in [-0.05, 0) is 59.9 Å². The Morgan fingerprint density at radius 3 is 2.80 bits per heavy atom. The number of benzene rings is 1. The fourth-order valence-electron chi connectivity index (χ4n) is 4.21. The summed E-state index contributed by atoms with van der Waals surface area (Å²) in [6.07, 6.45) is 7.08. The molecule has 2 aromatic rings. The second-order valence-electron chi connectivity index (χ2n) is 9.14. The molecule has 0 amide bonds. The molecule has 1 fully saturated rings. The van der Waals surface area contributed by atoms with Crippen molar-refractivity contribution < 1.29 is 9.53 Å². The highest BCUT2D eigenvalue weighted by molar-refractivity contribution is 5.95. The quantitative estimate of drug-likeness (QED) is 0.733. The first kappa shape index (κ1) is 20.5. The lowest BCUT2D eigenvalue weighted by atomic mass is 9.76. The number of ether oxygens (including phenoxy) is 1. The highest BCUT2D eigenvalue weighted by atomic mass is 16.5. The van der Waals surface area contributed by atoms with Gasteiger partial charge in [0.15, 0.2) is 5.82 Å². The number of nitriles is 1. The van der Waals surface area contributed by atoms with Crippen LogP contribution in [0.25, 0.3) is 5.57 Å². The fraction of sp³-hybridized carbons (Fsp3) is 0.458. The molecule has 1 unspecified atom stereocenters. The van der Waals surface area contributed by atoms with Crippen LogP contribution in [0.5, 0.6) is 0 Å². The molecule has 0 bridgehead atoms. The molecular weight excluding hydrogens is 376 g/mol. The van der Waals surface area contributed by atoms with Crippen molar-refractivity contribution in [3.63, 3.8) is 0 Å². The number of carbonyl (C=O) groups is 1. The second kappa shape index (κ2) is 7.82. The third kappa shape index (κ3) is 4.09. The van der Waals surface area contributed by atoms with Crippen LogP contribution in [0.3, 0.4) is 0 Å². The molecule has 1 atom stereocenters. The van der Waals surface area contributed by atoms with Gasteiger partial charge in [-0.15, -0.1) is 0 Å². The van der Waals surface area contributed by atoms with Crippen LogP contribution in [0.4, 0.5) is 0 Å². The number of Topliss-reactive ketones (excluding diaryl/α,β-unsaturated/α-hetero) is 1. The summed E-state index contributed by atoms with van der Waals surface area (Å²) < 4.78 is 5.96. The molecule has 1 aliphatic carbocycles. The van der Waals surface area contributed by atoms with Gasteiger partial charge in [0.25, 0.3) is 0 Å². The summed E-state index contributed by atoms with van der Waals surface area (Å²) in [4.78, 5) is 19.7. The van der Waals surface area contributed by atoms with Crippen LogP contribution in [0.2, 0.25) is 0 Å². The van der Waals surface area contributed by atoms with E-state index in [4.69, 9.17) is 10.00 Å². The van der Waals surface area contributed by atoms with Crippen LogP contribution in [0.1, 0.15) is 73.0 Å². The van der Waals surface area contributed by atoms with Crippen molar-refractivity contribution in [1.29, 1.82) is 5.26 Å². The predicted octanol–water partition coefficient (Wildman–Crippen LogP) is 4.09. The third-order valence-corrected chi connectivity index (χ3v) is 6.25. The number of H-pyrrole nitrogens is 1. The summed E-state index contributed by atoms with van der Waals surface area (Å²) in [5.74, 6) is 0.108. The lowest BCUT2D eigenvalue weighted by Gasteiger charge is -2.30. The van der Waals surface area contributed by atoms with Gasteiger partial charge >= 0.3 is 0 Å². The maximum absolute atomic E-state index is 12.8. The Hall–Kier alpha value is -2.75. The zero-order valence-electron chi connectivity index (χ0n) is 17.8. The van der Waals surface area contributed by atoms with Crippen molar-refractivity contribution in [3.05, 3.63) is 58.7 Å². The average Bonchev–Trinajstić information content (AvgIpc) is 3.38. The van der Waals surface area contributed by atoms with Crippen LogP contribution in [0.15, 0.2) is 30.5 Å². The lowest BCUT2D eigenvalue weighted by Crippen LogP contribution is -2.34. The van der Waals surface area contributed by atoms with Crippen molar-refractivity contribution >= 4 is 11.4 Å². The minimum atomic E-state index is -0.505. The van der Waals surface area contributed by atoms with Gasteiger partial charge in [-0.3, -0.25) is 10.1 Å².